The summed E-state index contributed by atoms with van der Waals surface area (Å²) in [6, 6.07) is 20.3. The Balaban J connectivity index is 1.70. The van der Waals surface area contributed by atoms with Crippen LogP contribution in [0.15, 0.2) is 85.2 Å². The van der Waals surface area contributed by atoms with Crippen molar-refractivity contribution in [1.82, 2.24) is 0 Å². The summed E-state index contributed by atoms with van der Waals surface area (Å²) in [5, 5.41) is 0.975. The van der Waals surface area contributed by atoms with Crippen LogP contribution in [0.1, 0.15) is 30.4 Å². The zero-order chi connectivity index (χ0) is 22.2. The van der Waals surface area contributed by atoms with Crippen molar-refractivity contribution < 1.29 is 0 Å². The highest BCUT2D eigenvalue weighted by Gasteiger charge is 2.32. The Labute approximate surface area is 214 Å². The predicted molar refractivity (Wildman–Crippen MR) is 143 cm³/mol. The van der Waals surface area contributed by atoms with Gasteiger partial charge in [-0.2, -0.15) is 0 Å². The molecule has 2 aliphatic rings. The summed E-state index contributed by atoms with van der Waals surface area (Å²) in [6.07, 6.45) is 5.31. The molecule has 1 aliphatic carbocycles. The van der Waals surface area contributed by atoms with Gasteiger partial charge in [-0.1, -0.05) is 79.3 Å². The lowest BCUT2D eigenvalue weighted by Crippen LogP contribution is -2.29. The van der Waals surface area contributed by atoms with E-state index in [2.05, 4.69) is 86.5 Å². The van der Waals surface area contributed by atoms with E-state index in [9.17, 15) is 0 Å². The molecule has 0 spiro atoms. The van der Waals surface area contributed by atoms with Gasteiger partial charge in [0.25, 0.3) is 0 Å². The van der Waals surface area contributed by atoms with Crippen molar-refractivity contribution in [3.8, 4) is 0 Å². The summed E-state index contributed by atoms with van der Waals surface area (Å²) in [4.78, 5) is 10.2. The van der Waals surface area contributed by atoms with Crippen LogP contribution in [0.2, 0.25) is 10.0 Å². The van der Waals surface area contributed by atoms with Crippen LogP contribution in [0.25, 0.3) is 6.08 Å². The molecule has 0 bridgehead atoms. The highest BCUT2D eigenvalue weighted by Crippen LogP contribution is 2.42. The van der Waals surface area contributed by atoms with E-state index < -0.39 is 0 Å². The lowest BCUT2D eigenvalue weighted by Gasteiger charge is -2.27. The highest BCUT2D eigenvalue weighted by atomic mass is 79.9. The van der Waals surface area contributed by atoms with Crippen molar-refractivity contribution >= 4 is 83.9 Å². The standard InChI is InChI=1S/C26H18Br2Cl2N2/c27-18-8-4-15(5-9-18)12-17-2-1-3-20-25(16-6-10-19(28)11-7-16)31-23-13-21(29)22(30)14-24(23)32-26(17)20/h4-14,20H,1-3H2/b17-12+. The summed E-state index contributed by atoms with van der Waals surface area (Å²) in [5.74, 6) is 0.108. The molecule has 5 rings (SSSR count). The number of fused-ring (bicyclic) bond motifs is 2. The van der Waals surface area contributed by atoms with Crippen LogP contribution >= 0.6 is 55.1 Å². The topological polar surface area (TPSA) is 24.7 Å². The molecule has 1 heterocycles. The Kier molecular flexibility index (Phi) is 6.39. The average Bonchev–Trinajstić information content (AvgIpc) is 2.94. The van der Waals surface area contributed by atoms with E-state index in [1.54, 1.807) is 0 Å². The third kappa shape index (κ3) is 4.51. The number of rotatable bonds is 2. The van der Waals surface area contributed by atoms with Gasteiger partial charge in [-0.15, -0.1) is 0 Å². The molecule has 0 amide bonds. The molecular weight excluding hydrogens is 571 g/mol. The van der Waals surface area contributed by atoms with Crippen molar-refractivity contribution in [1.29, 1.82) is 0 Å². The summed E-state index contributed by atoms with van der Waals surface area (Å²) in [7, 11) is 0. The van der Waals surface area contributed by atoms with E-state index in [0.29, 0.717) is 10.0 Å². The first-order chi connectivity index (χ1) is 15.5. The molecule has 1 fully saturated rings. The molecule has 1 saturated carbocycles. The maximum atomic E-state index is 6.35. The molecule has 0 N–H and O–H groups in total. The highest BCUT2D eigenvalue weighted by molar-refractivity contribution is 9.10. The number of nitrogens with zero attached hydrogens (tertiary/aromatic N) is 2. The molecule has 1 atom stereocenters. The minimum Gasteiger partial charge on any atom is -0.250 e. The molecule has 0 radical (unpaired) electrons. The van der Waals surface area contributed by atoms with Crippen LogP contribution in [-0.2, 0) is 0 Å². The van der Waals surface area contributed by atoms with Crippen LogP contribution in [0.5, 0.6) is 0 Å². The SMILES string of the molecule is Clc1cc2c(cc1Cl)N=C(c1ccc(Br)cc1)C1CCC/C(=C\c3ccc(Br)cc3)C1=N2. The van der Waals surface area contributed by atoms with Gasteiger partial charge in [-0.25, -0.2) is 4.99 Å². The minimum atomic E-state index is 0.108. The van der Waals surface area contributed by atoms with Crippen molar-refractivity contribution in [2.75, 3.05) is 0 Å². The minimum absolute atomic E-state index is 0.108. The van der Waals surface area contributed by atoms with Gasteiger partial charge in [0.15, 0.2) is 0 Å². The normalized spacial score (nSPS) is 19.0. The van der Waals surface area contributed by atoms with Gasteiger partial charge >= 0.3 is 0 Å². The fraction of sp³-hybridized carbons (Fsp3) is 0.154. The Morgan fingerprint density at radius 2 is 1.34 bits per heavy atom. The number of hydrogen-bond donors (Lipinski definition) is 0. The van der Waals surface area contributed by atoms with Gasteiger partial charge in [0.1, 0.15) is 0 Å². The van der Waals surface area contributed by atoms with Crippen molar-refractivity contribution in [3.63, 3.8) is 0 Å². The molecule has 2 nitrogen and oxygen atoms in total. The zero-order valence-electron chi connectivity index (χ0n) is 17.0. The number of allylic oxidation sites excluding steroid dienone is 1. The quantitative estimate of drug-likeness (QED) is 0.285. The van der Waals surface area contributed by atoms with E-state index in [0.717, 1.165) is 62.1 Å². The molecule has 0 saturated heterocycles. The number of benzene rings is 3. The molecule has 1 unspecified atom stereocenters. The predicted octanol–water partition coefficient (Wildman–Crippen LogP) is 9.61. The summed E-state index contributed by atoms with van der Waals surface area (Å²) < 4.78 is 2.11. The molecule has 3 aromatic rings. The van der Waals surface area contributed by atoms with Crippen molar-refractivity contribution in [3.05, 3.63) is 96.4 Å². The fourth-order valence-electron chi connectivity index (χ4n) is 4.24. The first kappa shape index (κ1) is 22.1. The van der Waals surface area contributed by atoms with Gasteiger partial charge in [0, 0.05) is 14.9 Å². The smallest absolute Gasteiger partial charge is 0.0906 e. The van der Waals surface area contributed by atoms with Crippen LogP contribution < -0.4 is 0 Å². The monoisotopic (exact) mass is 586 g/mol. The van der Waals surface area contributed by atoms with Gasteiger partial charge < -0.3 is 0 Å². The van der Waals surface area contributed by atoms with Crippen LogP contribution in [0.4, 0.5) is 11.4 Å². The molecular formula is C26H18Br2Cl2N2. The Bertz CT molecular complexity index is 1280. The maximum Gasteiger partial charge on any atom is 0.0906 e. The van der Waals surface area contributed by atoms with Gasteiger partial charge in [-0.3, -0.25) is 4.99 Å². The lowest BCUT2D eigenvalue weighted by atomic mass is 9.78. The molecule has 32 heavy (non-hydrogen) atoms. The summed E-state index contributed by atoms with van der Waals surface area (Å²) >= 11 is 19.8. The Hall–Kier alpha value is -1.72. The first-order valence-corrected chi connectivity index (χ1v) is 12.7. The third-order valence-electron chi connectivity index (χ3n) is 5.78. The van der Waals surface area contributed by atoms with Gasteiger partial charge in [0.05, 0.1) is 32.8 Å². The number of hydrogen-bond acceptors (Lipinski definition) is 2. The molecule has 6 heteroatoms. The summed E-state index contributed by atoms with van der Waals surface area (Å²) in [6.45, 7) is 0. The third-order valence-corrected chi connectivity index (χ3v) is 7.56. The maximum absolute atomic E-state index is 6.35. The van der Waals surface area contributed by atoms with E-state index >= 15 is 0 Å². The first-order valence-electron chi connectivity index (χ1n) is 10.4. The largest absolute Gasteiger partial charge is 0.250 e. The van der Waals surface area contributed by atoms with Crippen LogP contribution in [0.3, 0.4) is 0 Å². The van der Waals surface area contributed by atoms with Crippen LogP contribution in [0, 0.1) is 5.92 Å². The van der Waals surface area contributed by atoms with E-state index in [1.807, 2.05) is 12.1 Å². The molecule has 1 aliphatic heterocycles. The second-order valence-corrected chi connectivity index (χ2v) is 10.6. The van der Waals surface area contributed by atoms with E-state index in [4.69, 9.17) is 33.2 Å². The Morgan fingerprint density at radius 3 is 1.97 bits per heavy atom. The Morgan fingerprint density at radius 1 is 0.781 bits per heavy atom. The summed E-state index contributed by atoms with van der Waals surface area (Å²) in [5.41, 5.74) is 7.10. The van der Waals surface area contributed by atoms with Crippen molar-refractivity contribution in [2.24, 2.45) is 15.9 Å². The molecule has 0 aromatic heterocycles. The van der Waals surface area contributed by atoms with E-state index in [1.165, 1.54) is 5.57 Å². The average molecular weight is 589 g/mol. The van der Waals surface area contributed by atoms with Gasteiger partial charge in [0.2, 0.25) is 0 Å². The van der Waals surface area contributed by atoms with Gasteiger partial charge in [-0.05, 0) is 78.4 Å². The van der Waals surface area contributed by atoms with E-state index in [-0.39, 0.29) is 5.92 Å². The number of halogens is 4. The van der Waals surface area contributed by atoms with Crippen molar-refractivity contribution in [2.45, 2.75) is 19.3 Å². The lowest BCUT2D eigenvalue weighted by molar-refractivity contribution is 0.671. The zero-order valence-corrected chi connectivity index (χ0v) is 21.6. The second kappa shape index (κ2) is 9.26. The molecule has 3 aromatic carbocycles. The fourth-order valence-corrected chi connectivity index (χ4v) is 5.08. The van der Waals surface area contributed by atoms with Crippen LogP contribution in [-0.4, -0.2) is 11.4 Å². The second-order valence-electron chi connectivity index (χ2n) is 7.92. The number of aliphatic imine (C=N–C) groups is 2. The molecule has 160 valence electrons.